The Labute approximate surface area is 182 Å². The Kier molecular flexibility index (Phi) is 6.03. The summed E-state index contributed by atoms with van der Waals surface area (Å²) in [6.45, 7) is 4.91. The number of ether oxygens (including phenoxy) is 1. The van der Waals surface area contributed by atoms with Crippen LogP contribution in [0, 0.1) is 19.8 Å². The summed E-state index contributed by atoms with van der Waals surface area (Å²) in [4.78, 5) is 26.9. The van der Waals surface area contributed by atoms with Crippen molar-refractivity contribution in [2.24, 2.45) is 5.92 Å². The van der Waals surface area contributed by atoms with E-state index >= 15 is 0 Å². The quantitative estimate of drug-likeness (QED) is 0.626. The number of carbonyl (C=O) groups is 2. The standard InChI is InChI=1S/C26H26N2O3/c1-18-8-9-22(14-19(18)2)27-26(30)21-15-25(29)28(16-21)23-10-12-24(13-11-23)31-17-20-6-4-3-5-7-20/h3-14,21H,15-17H2,1-2H3,(H,27,30)/t21-/m0/s1. The fourth-order valence-corrected chi connectivity index (χ4v) is 3.66. The van der Waals surface area contributed by atoms with Crippen LogP contribution in [0.3, 0.4) is 0 Å². The molecular formula is C26H26N2O3. The summed E-state index contributed by atoms with van der Waals surface area (Å²) in [5.74, 6) is 0.200. The maximum Gasteiger partial charge on any atom is 0.229 e. The minimum atomic E-state index is -0.372. The number of rotatable bonds is 6. The van der Waals surface area contributed by atoms with Gasteiger partial charge in [-0.05, 0) is 66.9 Å². The topological polar surface area (TPSA) is 58.6 Å². The van der Waals surface area contributed by atoms with E-state index in [-0.39, 0.29) is 24.2 Å². The zero-order chi connectivity index (χ0) is 21.8. The molecule has 5 heteroatoms. The van der Waals surface area contributed by atoms with Gasteiger partial charge >= 0.3 is 0 Å². The third kappa shape index (κ3) is 4.94. The molecule has 0 aromatic heterocycles. The Balaban J connectivity index is 1.36. The largest absolute Gasteiger partial charge is 0.489 e. The molecule has 1 saturated heterocycles. The van der Waals surface area contributed by atoms with Crippen LogP contribution >= 0.6 is 0 Å². The zero-order valence-electron chi connectivity index (χ0n) is 17.8. The van der Waals surface area contributed by atoms with Crippen LogP contribution in [0.1, 0.15) is 23.1 Å². The lowest BCUT2D eigenvalue weighted by molar-refractivity contribution is -0.122. The Bertz CT molecular complexity index is 1080. The maximum atomic E-state index is 12.7. The van der Waals surface area contributed by atoms with Gasteiger partial charge in [0.1, 0.15) is 12.4 Å². The van der Waals surface area contributed by atoms with Gasteiger partial charge in [0.2, 0.25) is 11.8 Å². The van der Waals surface area contributed by atoms with Crippen molar-refractivity contribution in [3.63, 3.8) is 0 Å². The minimum absolute atomic E-state index is 0.0433. The molecule has 3 aromatic rings. The predicted molar refractivity (Wildman–Crippen MR) is 122 cm³/mol. The summed E-state index contributed by atoms with van der Waals surface area (Å²) < 4.78 is 5.81. The number of nitrogens with one attached hydrogen (secondary N) is 1. The molecule has 4 rings (SSSR count). The van der Waals surface area contributed by atoms with E-state index in [1.807, 2.05) is 86.6 Å². The first kappa shape index (κ1) is 20.7. The molecule has 31 heavy (non-hydrogen) atoms. The van der Waals surface area contributed by atoms with Crippen LogP contribution in [0.15, 0.2) is 72.8 Å². The van der Waals surface area contributed by atoms with Crippen molar-refractivity contribution in [3.8, 4) is 5.75 Å². The molecule has 0 radical (unpaired) electrons. The average molecular weight is 415 g/mol. The van der Waals surface area contributed by atoms with Crippen LogP contribution < -0.4 is 15.0 Å². The number of anilines is 2. The molecule has 0 aliphatic carbocycles. The number of aryl methyl sites for hydroxylation is 2. The minimum Gasteiger partial charge on any atom is -0.489 e. The van der Waals surface area contributed by atoms with Crippen molar-refractivity contribution >= 4 is 23.2 Å². The monoisotopic (exact) mass is 414 g/mol. The fraction of sp³-hybridized carbons (Fsp3) is 0.231. The van der Waals surface area contributed by atoms with Crippen molar-refractivity contribution < 1.29 is 14.3 Å². The third-order valence-electron chi connectivity index (χ3n) is 5.67. The van der Waals surface area contributed by atoms with E-state index in [0.717, 1.165) is 28.3 Å². The number of carbonyl (C=O) groups excluding carboxylic acids is 2. The van der Waals surface area contributed by atoms with E-state index in [0.29, 0.717) is 13.2 Å². The highest BCUT2D eigenvalue weighted by Gasteiger charge is 2.35. The van der Waals surface area contributed by atoms with Crippen LogP contribution in [0.2, 0.25) is 0 Å². The van der Waals surface area contributed by atoms with Crippen LogP contribution in [0.4, 0.5) is 11.4 Å². The SMILES string of the molecule is Cc1ccc(NC(=O)[C@H]2CC(=O)N(c3ccc(OCc4ccccc4)cc3)C2)cc1C. The first-order valence-corrected chi connectivity index (χ1v) is 10.4. The molecule has 2 amide bonds. The van der Waals surface area contributed by atoms with Crippen molar-refractivity contribution in [3.05, 3.63) is 89.5 Å². The van der Waals surface area contributed by atoms with Gasteiger partial charge in [0.15, 0.2) is 0 Å². The lowest BCUT2D eigenvalue weighted by atomic mass is 10.1. The summed E-state index contributed by atoms with van der Waals surface area (Å²) in [7, 11) is 0. The second kappa shape index (κ2) is 9.04. The second-order valence-corrected chi connectivity index (χ2v) is 7.96. The fourth-order valence-electron chi connectivity index (χ4n) is 3.66. The molecule has 0 saturated carbocycles. The van der Waals surface area contributed by atoms with E-state index in [4.69, 9.17) is 4.74 Å². The normalized spacial score (nSPS) is 15.7. The molecule has 1 aliphatic rings. The molecule has 0 spiro atoms. The third-order valence-corrected chi connectivity index (χ3v) is 5.67. The molecule has 0 bridgehead atoms. The number of amides is 2. The van der Waals surface area contributed by atoms with Gasteiger partial charge in [-0.2, -0.15) is 0 Å². The highest BCUT2D eigenvalue weighted by Crippen LogP contribution is 2.28. The summed E-state index contributed by atoms with van der Waals surface area (Å²) in [5.41, 5.74) is 4.93. The average Bonchev–Trinajstić information content (AvgIpc) is 3.18. The summed E-state index contributed by atoms with van der Waals surface area (Å²) in [6.07, 6.45) is 0.211. The second-order valence-electron chi connectivity index (χ2n) is 7.96. The highest BCUT2D eigenvalue weighted by atomic mass is 16.5. The van der Waals surface area contributed by atoms with Crippen LogP contribution in [-0.4, -0.2) is 18.4 Å². The van der Waals surface area contributed by atoms with Gasteiger partial charge in [0.05, 0.1) is 5.92 Å². The van der Waals surface area contributed by atoms with Crippen LogP contribution in [-0.2, 0) is 16.2 Å². The zero-order valence-corrected chi connectivity index (χ0v) is 17.8. The van der Waals surface area contributed by atoms with Gasteiger partial charge in [0.25, 0.3) is 0 Å². The van der Waals surface area contributed by atoms with Crippen molar-refractivity contribution in [1.82, 2.24) is 0 Å². The van der Waals surface area contributed by atoms with E-state index in [1.165, 1.54) is 5.56 Å². The predicted octanol–water partition coefficient (Wildman–Crippen LogP) is 4.87. The van der Waals surface area contributed by atoms with E-state index in [2.05, 4.69) is 5.32 Å². The summed E-state index contributed by atoms with van der Waals surface area (Å²) >= 11 is 0. The maximum absolute atomic E-state index is 12.7. The number of hydrogen-bond acceptors (Lipinski definition) is 3. The number of hydrogen-bond donors (Lipinski definition) is 1. The highest BCUT2D eigenvalue weighted by molar-refractivity contribution is 6.03. The Morgan fingerprint density at radius 1 is 1.00 bits per heavy atom. The Hall–Kier alpha value is -3.60. The summed E-state index contributed by atoms with van der Waals surface area (Å²) in [5, 5.41) is 2.95. The van der Waals surface area contributed by atoms with Gasteiger partial charge in [-0.3, -0.25) is 9.59 Å². The lowest BCUT2D eigenvalue weighted by Gasteiger charge is -2.17. The van der Waals surface area contributed by atoms with Crippen molar-refractivity contribution in [2.75, 3.05) is 16.8 Å². The van der Waals surface area contributed by atoms with E-state index < -0.39 is 0 Å². The van der Waals surface area contributed by atoms with E-state index in [9.17, 15) is 9.59 Å². The first-order valence-electron chi connectivity index (χ1n) is 10.4. The van der Waals surface area contributed by atoms with Crippen LogP contribution in [0.5, 0.6) is 5.75 Å². The van der Waals surface area contributed by atoms with Gasteiger partial charge in [-0.1, -0.05) is 36.4 Å². The van der Waals surface area contributed by atoms with Crippen molar-refractivity contribution in [2.45, 2.75) is 26.9 Å². The van der Waals surface area contributed by atoms with Crippen molar-refractivity contribution in [1.29, 1.82) is 0 Å². The van der Waals surface area contributed by atoms with Gasteiger partial charge in [0, 0.05) is 24.3 Å². The van der Waals surface area contributed by atoms with Gasteiger partial charge in [-0.15, -0.1) is 0 Å². The van der Waals surface area contributed by atoms with Gasteiger partial charge in [-0.25, -0.2) is 0 Å². The summed E-state index contributed by atoms with van der Waals surface area (Å²) in [6, 6.07) is 23.2. The molecule has 1 aliphatic heterocycles. The smallest absolute Gasteiger partial charge is 0.229 e. The molecule has 1 N–H and O–H groups in total. The molecule has 158 valence electrons. The number of nitrogens with zero attached hydrogens (tertiary/aromatic N) is 1. The van der Waals surface area contributed by atoms with Crippen LogP contribution in [0.25, 0.3) is 0 Å². The molecule has 1 atom stereocenters. The molecule has 3 aromatic carbocycles. The molecule has 0 unspecified atom stereocenters. The van der Waals surface area contributed by atoms with E-state index in [1.54, 1.807) is 4.90 Å². The molecule has 1 heterocycles. The Morgan fingerprint density at radius 2 is 1.74 bits per heavy atom. The lowest BCUT2D eigenvalue weighted by Crippen LogP contribution is -2.28. The first-order chi connectivity index (χ1) is 15.0. The van der Waals surface area contributed by atoms with Gasteiger partial charge < -0.3 is 15.0 Å². The molecular weight excluding hydrogens is 388 g/mol. The Morgan fingerprint density at radius 3 is 2.45 bits per heavy atom. The molecule has 1 fully saturated rings. The molecule has 5 nitrogen and oxygen atoms in total. The number of benzene rings is 3.